The van der Waals surface area contributed by atoms with Gasteiger partial charge < -0.3 is 4.42 Å². The maximum absolute atomic E-state index is 6.85. The number of fused-ring (bicyclic) bond motifs is 7. The molecule has 0 saturated heterocycles. The average Bonchev–Trinajstić information content (AvgIpc) is 3.77. The van der Waals surface area contributed by atoms with Gasteiger partial charge in [0.2, 0.25) is 0 Å². The molecular formula is C50H30OS. The van der Waals surface area contributed by atoms with Crippen molar-refractivity contribution in [1.29, 1.82) is 0 Å². The highest BCUT2D eigenvalue weighted by molar-refractivity contribution is 7.26. The number of hydrogen-bond donors (Lipinski definition) is 0. The SMILES string of the molecule is c1ccc(-c2oc3cc4c(cc3c2-c2ccccc2)sc2cccc(-c3c5ccccc5c(-c5ccc6ccccc6c5)c5ccccc35)c24)cc1. The molecule has 0 saturated carbocycles. The van der Waals surface area contributed by atoms with Crippen LogP contribution in [0.1, 0.15) is 0 Å². The number of benzene rings is 9. The number of furan rings is 1. The van der Waals surface area contributed by atoms with E-state index in [0.717, 1.165) is 33.4 Å². The molecule has 242 valence electrons. The van der Waals surface area contributed by atoms with Crippen molar-refractivity contribution in [2.45, 2.75) is 0 Å². The molecule has 0 bridgehead atoms. The molecule has 1 nitrogen and oxygen atoms in total. The van der Waals surface area contributed by atoms with Gasteiger partial charge in [0.1, 0.15) is 11.3 Å². The molecule has 9 aromatic carbocycles. The van der Waals surface area contributed by atoms with Gasteiger partial charge in [-0.2, -0.15) is 0 Å². The van der Waals surface area contributed by atoms with Gasteiger partial charge in [-0.3, -0.25) is 0 Å². The number of hydrogen-bond acceptors (Lipinski definition) is 2. The Morgan fingerprint density at radius 2 is 0.962 bits per heavy atom. The molecule has 0 spiro atoms. The molecule has 2 heterocycles. The zero-order valence-corrected chi connectivity index (χ0v) is 29.0. The van der Waals surface area contributed by atoms with E-state index in [-0.39, 0.29) is 0 Å². The van der Waals surface area contributed by atoms with Crippen molar-refractivity contribution in [3.8, 4) is 44.7 Å². The van der Waals surface area contributed by atoms with Crippen molar-refractivity contribution >= 4 is 74.8 Å². The first-order valence-corrected chi connectivity index (χ1v) is 18.6. The summed E-state index contributed by atoms with van der Waals surface area (Å²) in [4.78, 5) is 0. The minimum atomic E-state index is 0.904. The first-order chi connectivity index (χ1) is 25.8. The standard InChI is InChI=1S/C50H30OS/c1-3-15-32(16-4-1)47-41-30-45-42(29-43(41)51-50(47)33-17-5-2-6-18-33)49-40(24-13-25-44(49)52-45)48-38-22-11-9-20-36(38)46(37-21-10-12-23-39(37)48)35-27-26-31-14-7-8-19-34(31)28-35/h1-30H. The summed E-state index contributed by atoms with van der Waals surface area (Å²) in [6.07, 6.45) is 0. The van der Waals surface area contributed by atoms with E-state index in [1.54, 1.807) is 0 Å². The van der Waals surface area contributed by atoms with Crippen LogP contribution < -0.4 is 0 Å². The van der Waals surface area contributed by atoms with Crippen LogP contribution >= 0.6 is 11.3 Å². The monoisotopic (exact) mass is 678 g/mol. The summed E-state index contributed by atoms with van der Waals surface area (Å²) < 4.78 is 9.38. The molecule has 0 unspecified atom stereocenters. The third kappa shape index (κ3) is 4.41. The Labute approximate surface area is 304 Å². The Kier molecular flexibility index (Phi) is 6.49. The van der Waals surface area contributed by atoms with Crippen LogP contribution in [-0.4, -0.2) is 0 Å². The summed E-state index contributed by atoms with van der Waals surface area (Å²) >= 11 is 1.86. The molecule has 0 radical (unpaired) electrons. The molecule has 0 aliphatic carbocycles. The Hall–Kier alpha value is -6.48. The van der Waals surface area contributed by atoms with Gasteiger partial charge in [0.05, 0.1) is 0 Å². The highest BCUT2D eigenvalue weighted by atomic mass is 32.1. The van der Waals surface area contributed by atoms with Crippen LogP contribution in [0.2, 0.25) is 0 Å². The van der Waals surface area contributed by atoms with Crippen molar-refractivity contribution in [1.82, 2.24) is 0 Å². The zero-order valence-electron chi connectivity index (χ0n) is 28.1. The minimum absolute atomic E-state index is 0.904. The van der Waals surface area contributed by atoms with Gasteiger partial charge in [-0.15, -0.1) is 11.3 Å². The molecule has 0 fully saturated rings. The molecule has 0 N–H and O–H groups in total. The van der Waals surface area contributed by atoms with Gasteiger partial charge in [-0.1, -0.05) is 158 Å². The predicted molar refractivity (Wildman–Crippen MR) is 223 cm³/mol. The summed E-state index contributed by atoms with van der Waals surface area (Å²) in [6.45, 7) is 0. The van der Waals surface area contributed by atoms with Crippen molar-refractivity contribution < 1.29 is 4.42 Å². The highest BCUT2D eigenvalue weighted by Crippen LogP contribution is 2.50. The lowest BCUT2D eigenvalue weighted by atomic mass is 9.84. The summed E-state index contributed by atoms with van der Waals surface area (Å²) in [6, 6.07) is 66.0. The molecule has 0 atom stereocenters. The topological polar surface area (TPSA) is 13.1 Å². The molecule has 2 aromatic heterocycles. The second-order valence-corrected chi connectivity index (χ2v) is 14.7. The summed E-state index contributed by atoms with van der Waals surface area (Å²) in [5, 5.41) is 11.2. The van der Waals surface area contributed by atoms with E-state index < -0.39 is 0 Å². The van der Waals surface area contributed by atoms with Gasteiger partial charge >= 0.3 is 0 Å². The zero-order chi connectivity index (χ0) is 34.2. The third-order valence-corrected chi connectivity index (χ3v) is 11.8. The first-order valence-electron chi connectivity index (χ1n) is 17.8. The average molecular weight is 679 g/mol. The number of thiophene rings is 1. The first kappa shape index (κ1) is 29.3. The molecule has 0 aliphatic heterocycles. The normalized spacial score (nSPS) is 11.8. The smallest absolute Gasteiger partial charge is 0.143 e. The summed E-state index contributed by atoms with van der Waals surface area (Å²) in [5.41, 5.74) is 9.32. The lowest BCUT2D eigenvalue weighted by molar-refractivity contribution is 0.633. The van der Waals surface area contributed by atoms with Gasteiger partial charge in [-0.25, -0.2) is 0 Å². The lowest BCUT2D eigenvalue weighted by Crippen LogP contribution is -1.91. The Morgan fingerprint density at radius 1 is 0.346 bits per heavy atom. The van der Waals surface area contributed by atoms with Crippen LogP contribution in [0.5, 0.6) is 0 Å². The molecular weight excluding hydrogens is 649 g/mol. The van der Waals surface area contributed by atoms with Crippen LogP contribution in [0.4, 0.5) is 0 Å². The second-order valence-electron chi connectivity index (χ2n) is 13.6. The molecule has 0 amide bonds. The van der Waals surface area contributed by atoms with E-state index in [2.05, 4.69) is 182 Å². The highest BCUT2D eigenvalue weighted by Gasteiger charge is 2.23. The fourth-order valence-electron chi connectivity index (χ4n) is 8.38. The molecule has 11 rings (SSSR count). The van der Waals surface area contributed by atoms with E-state index in [4.69, 9.17) is 4.42 Å². The Morgan fingerprint density at radius 3 is 1.67 bits per heavy atom. The van der Waals surface area contributed by atoms with Crippen molar-refractivity contribution in [2.75, 3.05) is 0 Å². The summed E-state index contributed by atoms with van der Waals surface area (Å²) in [5.74, 6) is 0.908. The Balaban J connectivity index is 1.21. The fraction of sp³-hybridized carbons (Fsp3) is 0. The lowest BCUT2D eigenvalue weighted by Gasteiger charge is -2.18. The van der Waals surface area contributed by atoms with Crippen LogP contribution in [0.25, 0.3) is 108 Å². The van der Waals surface area contributed by atoms with Gasteiger partial charge in [0, 0.05) is 36.7 Å². The van der Waals surface area contributed by atoms with Crippen molar-refractivity contribution in [2.24, 2.45) is 0 Å². The van der Waals surface area contributed by atoms with E-state index >= 15 is 0 Å². The minimum Gasteiger partial charge on any atom is -0.455 e. The molecule has 2 heteroatoms. The van der Waals surface area contributed by atoms with E-state index in [0.29, 0.717) is 0 Å². The van der Waals surface area contributed by atoms with Gasteiger partial charge in [0.15, 0.2) is 0 Å². The quantitative estimate of drug-likeness (QED) is 0.169. The largest absolute Gasteiger partial charge is 0.455 e. The third-order valence-electron chi connectivity index (χ3n) is 10.6. The van der Waals surface area contributed by atoms with Gasteiger partial charge in [0.25, 0.3) is 0 Å². The van der Waals surface area contributed by atoms with Crippen LogP contribution in [-0.2, 0) is 0 Å². The fourth-order valence-corrected chi connectivity index (χ4v) is 9.54. The molecule has 0 aliphatic rings. The van der Waals surface area contributed by atoms with Gasteiger partial charge in [-0.05, 0) is 84.4 Å². The van der Waals surface area contributed by atoms with E-state index in [1.165, 1.54) is 74.7 Å². The van der Waals surface area contributed by atoms with Crippen LogP contribution in [0.15, 0.2) is 186 Å². The van der Waals surface area contributed by atoms with E-state index in [9.17, 15) is 0 Å². The maximum Gasteiger partial charge on any atom is 0.143 e. The van der Waals surface area contributed by atoms with Crippen molar-refractivity contribution in [3.05, 3.63) is 182 Å². The summed E-state index contributed by atoms with van der Waals surface area (Å²) in [7, 11) is 0. The van der Waals surface area contributed by atoms with E-state index in [1.807, 2.05) is 11.3 Å². The van der Waals surface area contributed by atoms with Crippen LogP contribution in [0.3, 0.4) is 0 Å². The predicted octanol–water partition coefficient (Wildman–Crippen LogP) is 14.9. The maximum atomic E-state index is 6.85. The molecule has 52 heavy (non-hydrogen) atoms. The number of rotatable bonds is 4. The second kappa shape index (κ2) is 11.5. The van der Waals surface area contributed by atoms with Crippen molar-refractivity contribution in [3.63, 3.8) is 0 Å². The van der Waals surface area contributed by atoms with Crippen LogP contribution in [0, 0.1) is 0 Å². The molecule has 11 aromatic rings. The Bertz CT molecular complexity index is 3110.